The number of anilines is 1. The van der Waals surface area contributed by atoms with E-state index in [0.29, 0.717) is 11.3 Å². The normalized spacial score (nSPS) is 10.3. The van der Waals surface area contributed by atoms with Crippen molar-refractivity contribution in [2.24, 2.45) is 0 Å². The lowest BCUT2D eigenvalue weighted by atomic mass is 10.2. The molecule has 3 nitrogen and oxygen atoms in total. The molecule has 0 fully saturated rings. The fourth-order valence-corrected chi connectivity index (χ4v) is 1.70. The van der Waals surface area contributed by atoms with E-state index in [-0.39, 0.29) is 18.0 Å². The summed E-state index contributed by atoms with van der Waals surface area (Å²) in [5, 5.41) is 0. The van der Waals surface area contributed by atoms with Crippen molar-refractivity contribution in [3.05, 3.63) is 53.6 Å². The summed E-state index contributed by atoms with van der Waals surface area (Å²) in [6.07, 6.45) is 0. The van der Waals surface area contributed by atoms with E-state index >= 15 is 0 Å². The Morgan fingerprint density at radius 1 is 1.16 bits per heavy atom. The summed E-state index contributed by atoms with van der Waals surface area (Å²) < 4.78 is 36.7. The largest absolute Gasteiger partial charge is 0.492 e. The molecule has 0 aliphatic rings. The molecule has 5 heteroatoms. The Morgan fingerprint density at radius 3 is 2.58 bits per heavy atom. The van der Waals surface area contributed by atoms with Gasteiger partial charge in [-0.2, -0.15) is 0 Å². The van der Waals surface area contributed by atoms with Gasteiger partial charge in [0.15, 0.2) is 11.6 Å². The number of hydrogen-bond acceptors (Lipinski definition) is 3. The molecular formula is C14H13F2NO2. The number of hydrogen-bond donors (Lipinski definition) is 1. The molecule has 100 valence electrons. The van der Waals surface area contributed by atoms with Crippen molar-refractivity contribution in [3.63, 3.8) is 0 Å². The van der Waals surface area contributed by atoms with Crippen molar-refractivity contribution < 1.29 is 18.3 Å². The zero-order valence-electron chi connectivity index (χ0n) is 10.3. The van der Waals surface area contributed by atoms with Gasteiger partial charge in [0.25, 0.3) is 0 Å². The molecule has 0 spiro atoms. The highest BCUT2D eigenvalue weighted by atomic mass is 19.1. The van der Waals surface area contributed by atoms with Gasteiger partial charge in [-0.1, -0.05) is 6.07 Å². The van der Waals surface area contributed by atoms with Crippen LogP contribution in [-0.2, 0) is 6.61 Å². The van der Waals surface area contributed by atoms with Crippen molar-refractivity contribution in [2.75, 3.05) is 12.8 Å². The highest BCUT2D eigenvalue weighted by Crippen LogP contribution is 2.27. The summed E-state index contributed by atoms with van der Waals surface area (Å²) in [7, 11) is 1.34. The fraction of sp³-hybridized carbons (Fsp3) is 0.143. The number of rotatable bonds is 4. The van der Waals surface area contributed by atoms with Gasteiger partial charge >= 0.3 is 0 Å². The number of nitrogens with two attached hydrogens (primary N) is 1. The van der Waals surface area contributed by atoms with Crippen LogP contribution in [0.3, 0.4) is 0 Å². The summed E-state index contributed by atoms with van der Waals surface area (Å²) in [6, 6.07) is 8.55. The van der Waals surface area contributed by atoms with Crippen molar-refractivity contribution in [1.29, 1.82) is 0 Å². The van der Waals surface area contributed by atoms with Gasteiger partial charge < -0.3 is 15.2 Å². The van der Waals surface area contributed by atoms with Crippen molar-refractivity contribution in [1.82, 2.24) is 0 Å². The molecule has 0 aliphatic carbocycles. The molecule has 2 aromatic rings. The Kier molecular flexibility index (Phi) is 3.85. The van der Waals surface area contributed by atoms with Gasteiger partial charge in [0, 0.05) is 6.07 Å². The standard InChI is InChI=1S/C14H13F2NO2/c1-18-14-12(16)5-9(6-13(14)17)8-19-11-4-2-3-10(15)7-11/h2-7H,8,17H2,1H3. The second-order valence-corrected chi connectivity index (χ2v) is 3.95. The predicted octanol–water partition coefficient (Wildman–Crippen LogP) is 3.13. The molecule has 0 atom stereocenters. The Balaban J connectivity index is 2.12. The Bertz CT molecular complexity index is 564. The molecule has 0 amide bonds. The molecule has 0 saturated carbocycles. The number of methoxy groups -OCH3 is 1. The summed E-state index contributed by atoms with van der Waals surface area (Å²) in [6.45, 7) is 0.0918. The third-order valence-corrected chi connectivity index (χ3v) is 2.54. The molecule has 0 unspecified atom stereocenters. The van der Waals surface area contributed by atoms with Crippen molar-refractivity contribution in [3.8, 4) is 11.5 Å². The molecule has 0 aromatic heterocycles. The maximum absolute atomic E-state index is 13.6. The van der Waals surface area contributed by atoms with E-state index in [1.54, 1.807) is 12.1 Å². The SMILES string of the molecule is COc1c(N)cc(COc2cccc(F)c2)cc1F. The van der Waals surface area contributed by atoms with Gasteiger partial charge in [-0.3, -0.25) is 0 Å². The van der Waals surface area contributed by atoms with Crippen LogP contribution in [-0.4, -0.2) is 7.11 Å². The Hall–Kier alpha value is -2.30. The summed E-state index contributed by atoms with van der Waals surface area (Å²) in [5.41, 5.74) is 6.38. The first kappa shape index (κ1) is 13.1. The smallest absolute Gasteiger partial charge is 0.177 e. The van der Waals surface area contributed by atoms with Crippen LogP contribution in [0.5, 0.6) is 11.5 Å². The lowest BCUT2D eigenvalue weighted by molar-refractivity contribution is 0.303. The van der Waals surface area contributed by atoms with Gasteiger partial charge in [0.1, 0.15) is 18.2 Å². The first-order chi connectivity index (χ1) is 9.10. The van der Waals surface area contributed by atoms with Crippen LogP contribution in [0, 0.1) is 11.6 Å². The van der Waals surface area contributed by atoms with Gasteiger partial charge in [0.05, 0.1) is 12.8 Å². The molecular weight excluding hydrogens is 252 g/mol. The zero-order chi connectivity index (χ0) is 13.8. The van der Waals surface area contributed by atoms with E-state index < -0.39 is 11.6 Å². The van der Waals surface area contributed by atoms with Gasteiger partial charge in [-0.25, -0.2) is 8.78 Å². The van der Waals surface area contributed by atoms with Crippen molar-refractivity contribution >= 4 is 5.69 Å². The van der Waals surface area contributed by atoms with Crippen molar-refractivity contribution in [2.45, 2.75) is 6.61 Å². The average molecular weight is 265 g/mol. The monoisotopic (exact) mass is 265 g/mol. The third kappa shape index (κ3) is 3.13. The van der Waals surface area contributed by atoms with Crippen LogP contribution >= 0.6 is 0 Å². The van der Waals surface area contributed by atoms with Crippen LogP contribution in [0.15, 0.2) is 36.4 Å². The summed E-state index contributed by atoms with van der Waals surface area (Å²) >= 11 is 0. The van der Waals surface area contributed by atoms with Crippen LogP contribution in [0.25, 0.3) is 0 Å². The minimum absolute atomic E-state index is 0.00880. The van der Waals surface area contributed by atoms with E-state index in [4.69, 9.17) is 15.2 Å². The number of halogens is 2. The van der Waals surface area contributed by atoms with E-state index in [1.165, 1.54) is 31.4 Å². The minimum Gasteiger partial charge on any atom is -0.492 e. The van der Waals surface area contributed by atoms with Crippen LogP contribution in [0.1, 0.15) is 5.56 Å². The topological polar surface area (TPSA) is 44.5 Å². The van der Waals surface area contributed by atoms with E-state index in [0.717, 1.165) is 0 Å². The first-order valence-corrected chi connectivity index (χ1v) is 5.60. The van der Waals surface area contributed by atoms with Crippen LogP contribution in [0.2, 0.25) is 0 Å². The van der Waals surface area contributed by atoms with E-state index in [9.17, 15) is 8.78 Å². The zero-order valence-corrected chi connectivity index (χ0v) is 10.3. The molecule has 0 heterocycles. The molecule has 19 heavy (non-hydrogen) atoms. The fourth-order valence-electron chi connectivity index (χ4n) is 1.70. The van der Waals surface area contributed by atoms with Crippen LogP contribution < -0.4 is 15.2 Å². The molecule has 0 saturated heterocycles. The molecule has 0 aliphatic heterocycles. The highest BCUT2D eigenvalue weighted by molar-refractivity contribution is 5.55. The molecule has 2 N–H and O–H groups in total. The Labute approximate surface area is 109 Å². The molecule has 0 bridgehead atoms. The second kappa shape index (κ2) is 5.56. The molecule has 2 rings (SSSR count). The summed E-state index contributed by atoms with van der Waals surface area (Å²) in [4.78, 5) is 0. The van der Waals surface area contributed by atoms with E-state index in [2.05, 4.69) is 0 Å². The third-order valence-electron chi connectivity index (χ3n) is 2.54. The lowest BCUT2D eigenvalue weighted by Crippen LogP contribution is -2.01. The van der Waals surface area contributed by atoms with E-state index in [1.807, 2.05) is 0 Å². The van der Waals surface area contributed by atoms with Crippen LogP contribution in [0.4, 0.5) is 14.5 Å². The quantitative estimate of drug-likeness (QED) is 0.864. The lowest BCUT2D eigenvalue weighted by Gasteiger charge is -2.10. The molecule has 0 radical (unpaired) electrons. The number of nitrogen functional groups attached to an aromatic ring is 1. The summed E-state index contributed by atoms with van der Waals surface area (Å²) in [5.74, 6) is -0.567. The molecule has 2 aromatic carbocycles. The number of ether oxygens (including phenoxy) is 2. The van der Waals surface area contributed by atoms with Gasteiger partial charge in [-0.15, -0.1) is 0 Å². The van der Waals surface area contributed by atoms with Gasteiger partial charge in [0.2, 0.25) is 0 Å². The number of benzene rings is 2. The highest BCUT2D eigenvalue weighted by Gasteiger charge is 2.09. The maximum Gasteiger partial charge on any atom is 0.177 e. The maximum atomic E-state index is 13.6. The minimum atomic E-state index is -0.555. The second-order valence-electron chi connectivity index (χ2n) is 3.95. The Morgan fingerprint density at radius 2 is 1.95 bits per heavy atom. The van der Waals surface area contributed by atoms with Gasteiger partial charge in [-0.05, 0) is 29.8 Å². The average Bonchev–Trinajstić information content (AvgIpc) is 2.36. The predicted molar refractivity (Wildman–Crippen MR) is 68.1 cm³/mol. The first-order valence-electron chi connectivity index (χ1n) is 5.60.